The zero-order valence-corrected chi connectivity index (χ0v) is 8.49. The topological polar surface area (TPSA) is 25.8 Å². The first-order valence-electron chi connectivity index (χ1n) is 4.61. The highest BCUT2D eigenvalue weighted by Gasteiger charge is 2.37. The standard InChI is InChI=1S/C9H8ClF3N2/c10-8-14-6-4-2-1-3-5(6)7(15-8)9(11,12)13/h1-4H2. The van der Waals surface area contributed by atoms with Crippen LogP contribution in [0.4, 0.5) is 13.2 Å². The number of hydrogen-bond acceptors (Lipinski definition) is 2. The van der Waals surface area contributed by atoms with Gasteiger partial charge in [-0.15, -0.1) is 0 Å². The molecule has 0 unspecified atom stereocenters. The molecule has 0 fully saturated rings. The third-order valence-corrected chi connectivity index (χ3v) is 2.59. The summed E-state index contributed by atoms with van der Waals surface area (Å²) in [5.74, 6) is 0. The van der Waals surface area contributed by atoms with Gasteiger partial charge < -0.3 is 0 Å². The summed E-state index contributed by atoms with van der Waals surface area (Å²) in [5.41, 5.74) is -0.191. The van der Waals surface area contributed by atoms with Gasteiger partial charge >= 0.3 is 6.18 Å². The van der Waals surface area contributed by atoms with Crippen LogP contribution in [0.25, 0.3) is 0 Å². The van der Waals surface area contributed by atoms with Gasteiger partial charge in [0, 0.05) is 11.3 Å². The van der Waals surface area contributed by atoms with E-state index in [0.29, 0.717) is 18.5 Å². The molecular weight excluding hydrogens is 229 g/mol. The van der Waals surface area contributed by atoms with E-state index in [-0.39, 0.29) is 10.8 Å². The molecule has 6 heteroatoms. The van der Waals surface area contributed by atoms with Gasteiger partial charge in [0.15, 0.2) is 5.69 Å². The van der Waals surface area contributed by atoms with Crippen LogP contribution in [0.1, 0.15) is 29.8 Å². The smallest absolute Gasteiger partial charge is 0.223 e. The maximum Gasteiger partial charge on any atom is 0.433 e. The molecule has 2 rings (SSSR count). The second-order valence-electron chi connectivity index (χ2n) is 3.47. The van der Waals surface area contributed by atoms with Gasteiger partial charge in [-0.3, -0.25) is 0 Å². The molecule has 0 radical (unpaired) electrons. The van der Waals surface area contributed by atoms with Crippen LogP contribution in [0.2, 0.25) is 5.28 Å². The molecule has 0 aromatic carbocycles. The first-order chi connectivity index (χ1) is 6.98. The lowest BCUT2D eigenvalue weighted by atomic mass is 9.94. The molecule has 0 spiro atoms. The summed E-state index contributed by atoms with van der Waals surface area (Å²) in [6.45, 7) is 0. The van der Waals surface area contributed by atoms with Crippen molar-refractivity contribution in [1.82, 2.24) is 9.97 Å². The van der Waals surface area contributed by atoms with Crippen molar-refractivity contribution in [1.29, 1.82) is 0 Å². The van der Waals surface area contributed by atoms with E-state index in [2.05, 4.69) is 9.97 Å². The van der Waals surface area contributed by atoms with E-state index in [0.717, 1.165) is 12.8 Å². The summed E-state index contributed by atoms with van der Waals surface area (Å²) in [6.07, 6.45) is -1.88. The van der Waals surface area contributed by atoms with Crippen LogP contribution in [0.5, 0.6) is 0 Å². The predicted octanol–water partition coefficient (Wildman–Crippen LogP) is 3.03. The summed E-state index contributed by atoms with van der Waals surface area (Å²) < 4.78 is 37.8. The Bertz CT molecular complexity index is 390. The summed E-state index contributed by atoms with van der Waals surface area (Å²) in [5, 5.41) is -0.317. The van der Waals surface area contributed by atoms with Gasteiger partial charge in [-0.2, -0.15) is 13.2 Å². The highest BCUT2D eigenvalue weighted by atomic mass is 35.5. The van der Waals surface area contributed by atoms with Crippen LogP contribution in [0.3, 0.4) is 0 Å². The molecule has 0 aliphatic heterocycles. The third-order valence-electron chi connectivity index (χ3n) is 2.42. The predicted molar refractivity (Wildman–Crippen MR) is 48.7 cm³/mol. The quantitative estimate of drug-likeness (QED) is 0.647. The first kappa shape index (κ1) is 10.7. The van der Waals surface area contributed by atoms with Crippen molar-refractivity contribution in [3.63, 3.8) is 0 Å². The summed E-state index contributed by atoms with van der Waals surface area (Å²) >= 11 is 5.47. The fourth-order valence-corrected chi connectivity index (χ4v) is 1.98. The van der Waals surface area contributed by atoms with Gasteiger partial charge in [-0.1, -0.05) is 0 Å². The lowest BCUT2D eigenvalue weighted by Gasteiger charge is -2.19. The van der Waals surface area contributed by atoms with E-state index in [1.165, 1.54) is 0 Å². The highest BCUT2D eigenvalue weighted by Crippen LogP contribution is 2.34. The zero-order valence-electron chi connectivity index (χ0n) is 7.73. The molecule has 15 heavy (non-hydrogen) atoms. The molecule has 82 valence electrons. The summed E-state index contributed by atoms with van der Waals surface area (Å²) in [4.78, 5) is 7.13. The number of nitrogens with zero attached hydrogens (tertiary/aromatic N) is 2. The van der Waals surface area contributed by atoms with Crippen molar-refractivity contribution < 1.29 is 13.2 Å². The SMILES string of the molecule is FC(F)(F)c1nc(Cl)nc2c1CCCC2. The number of halogens is 4. The van der Waals surface area contributed by atoms with Crippen LogP contribution in [-0.2, 0) is 19.0 Å². The van der Waals surface area contributed by atoms with Gasteiger partial charge in [0.1, 0.15) is 0 Å². The van der Waals surface area contributed by atoms with E-state index in [1.807, 2.05) is 0 Å². The minimum absolute atomic E-state index is 0.221. The van der Waals surface area contributed by atoms with Gasteiger partial charge in [-0.25, -0.2) is 9.97 Å². The van der Waals surface area contributed by atoms with E-state index in [9.17, 15) is 13.2 Å². The van der Waals surface area contributed by atoms with Gasteiger partial charge in [0.2, 0.25) is 5.28 Å². The van der Waals surface area contributed by atoms with E-state index in [1.54, 1.807) is 0 Å². The number of fused-ring (bicyclic) bond motifs is 1. The molecule has 1 aromatic rings. The maximum absolute atomic E-state index is 12.6. The van der Waals surface area contributed by atoms with Crippen LogP contribution < -0.4 is 0 Å². The largest absolute Gasteiger partial charge is 0.433 e. The van der Waals surface area contributed by atoms with Crippen molar-refractivity contribution in [2.45, 2.75) is 31.9 Å². The van der Waals surface area contributed by atoms with E-state index < -0.39 is 11.9 Å². The van der Waals surface area contributed by atoms with Crippen LogP contribution in [0.15, 0.2) is 0 Å². The number of aryl methyl sites for hydroxylation is 1. The second kappa shape index (κ2) is 3.63. The molecule has 1 aromatic heterocycles. The lowest BCUT2D eigenvalue weighted by molar-refractivity contribution is -0.142. The molecular formula is C9H8ClF3N2. The van der Waals surface area contributed by atoms with Crippen LogP contribution >= 0.6 is 11.6 Å². The third kappa shape index (κ3) is 2.07. The molecule has 0 amide bonds. The summed E-state index contributed by atoms with van der Waals surface area (Å²) in [6, 6.07) is 0. The van der Waals surface area contributed by atoms with E-state index in [4.69, 9.17) is 11.6 Å². The van der Waals surface area contributed by atoms with Crippen molar-refractivity contribution >= 4 is 11.6 Å². The molecule has 1 heterocycles. The van der Waals surface area contributed by atoms with Crippen molar-refractivity contribution in [2.24, 2.45) is 0 Å². The minimum atomic E-state index is -4.44. The Morgan fingerprint density at radius 2 is 1.73 bits per heavy atom. The van der Waals surface area contributed by atoms with Crippen molar-refractivity contribution in [3.8, 4) is 0 Å². The summed E-state index contributed by atoms with van der Waals surface area (Å²) in [7, 11) is 0. The number of alkyl halides is 3. The average Bonchev–Trinajstić information content (AvgIpc) is 2.15. The molecule has 0 bridgehead atoms. The lowest BCUT2D eigenvalue weighted by Crippen LogP contribution is -2.18. The highest BCUT2D eigenvalue weighted by molar-refractivity contribution is 6.28. The molecule has 0 saturated carbocycles. The van der Waals surface area contributed by atoms with Gasteiger partial charge in [-0.05, 0) is 37.3 Å². The van der Waals surface area contributed by atoms with Crippen LogP contribution in [-0.4, -0.2) is 9.97 Å². The number of aromatic nitrogens is 2. The maximum atomic E-state index is 12.6. The Labute approximate surface area is 89.5 Å². The first-order valence-corrected chi connectivity index (χ1v) is 4.99. The van der Waals surface area contributed by atoms with Crippen molar-refractivity contribution in [2.75, 3.05) is 0 Å². The minimum Gasteiger partial charge on any atom is -0.223 e. The van der Waals surface area contributed by atoms with Gasteiger partial charge in [0.25, 0.3) is 0 Å². The Balaban J connectivity index is 2.58. The fourth-order valence-electron chi connectivity index (χ4n) is 1.80. The molecule has 1 aliphatic rings. The Hall–Kier alpha value is -0.840. The van der Waals surface area contributed by atoms with Gasteiger partial charge in [0.05, 0.1) is 0 Å². The normalized spacial score (nSPS) is 16.3. The Kier molecular flexibility index (Phi) is 2.58. The monoisotopic (exact) mass is 236 g/mol. The van der Waals surface area contributed by atoms with E-state index >= 15 is 0 Å². The second-order valence-corrected chi connectivity index (χ2v) is 3.81. The molecule has 1 aliphatic carbocycles. The average molecular weight is 237 g/mol. The molecule has 2 nitrogen and oxygen atoms in total. The van der Waals surface area contributed by atoms with Crippen molar-refractivity contribution in [3.05, 3.63) is 22.2 Å². The number of hydrogen-bond donors (Lipinski definition) is 0. The Morgan fingerprint density at radius 3 is 2.40 bits per heavy atom. The molecule has 0 atom stereocenters. The molecule has 0 saturated heterocycles. The fraction of sp³-hybridized carbons (Fsp3) is 0.556. The number of rotatable bonds is 0. The zero-order chi connectivity index (χ0) is 11.1. The Morgan fingerprint density at radius 1 is 1.07 bits per heavy atom. The molecule has 0 N–H and O–H groups in total. The van der Waals surface area contributed by atoms with Crippen LogP contribution in [0, 0.1) is 0 Å².